The van der Waals surface area contributed by atoms with Gasteiger partial charge in [-0.15, -0.1) is 0 Å². The molecule has 126 valence electrons. The minimum Gasteiger partial charge on any atom is -0.355 e. The number of benzene rings is 1. The van der Waals surface area contributed by atoms with Gasteiger partial charge >= 0.3 is 0 Å². The van der Waals surface area contributed by atoms with E-state index in [0.717, 1.165) is 5.69 Å². The molecule has 0 saturated carbocycles. The summed E-state index contributed by atoms with van der Waals surface area (Å²) in [4.78, 5) is 36.4. The summed E-state index contributed by atoms with van der Waals surface area (Å²) in [6.45, 7) is 2.10. The zero-order valence-electron chi connectivity index (χ0n) is 13.7. The van der Waals surface area contributed by atoms with Gasteiger partial charge in [-0.05, 0) is 25.5 Å². The molecule has 2 heterocycles. The van der Waals surface area contributed by atoms with Gasteiger partial charge in [0.2, 0.25) is 11.8 Å². The summed E-state index contributed by atoms with van der Waals surface area (Å²) in [5.41, 5.74) is 1.42. The Bertz CT molecular complexity index is 826. The zero-order valence-corrected chi connectivity index (χ0v) is 13.7. The molecule has 0 aliphatic carbocycles. The highest BCUT2D eigenvalue weighted by Crippen LogP contribution is 2.17. The van der Waals surface area contributed by atoms with Gasteiger partial charge in [-0.2, -0.15) is 0 Å². The molecule has 1 aromatic carbocycles. The van der Waals surface area contributed by atoms with E-state index < -0.39 is 0 Å². The third kappa shape index (κ3) is 2.84. The fourth-order valence-corrected chi connectivity index (χ4v) is 2.89. The van der Waals surface area contributed by atoms with E-state index in [4.69, 9.17) is 0 Å². The molecular formula is C17H20N4O3. The van der Waals surface area contributed by atoms with Gasteiger partial charge in [0.1, 0.15) is 5.69 Å². The number of carbonyl (C=O) groups excluding carboxylic acids is 2. The van der Waals surface area contributed by atoms with Crippen LogP contribution in [0, 0.1) is 12.8 Å². The quantitative estimate of drug-likeness (QED) is 0.880. The average Bonchev–Trinajstić information content (AvgIpc) is 2.80. The van der Waals surface area contributed by atoms with Gasteiger partial charge in [0.25, 0.3) is 5.56 Å². The highest BCUT2D eigenvalue weighted by molar-refractivity contribution is 5.94. The highest BCUT2D eigenvalue weighted by Gasteiger charge is 2.26. The number of carbonyl (C=O) groups is 2. The van der Waals surface area contributed by atoms with Crippen molar-refractivity contribution in [1.82, 2.24) is 14.7 Å². The van der Waals surface area contributed by atoms with Gasteiger partial charge in [0, 0.05) is 20.0 Å². The Balaban J connectivity index is 1.88. The van der Waals surface area contributed by atoms with Gasteiger partial charge in [-0.3, -0.25) is 19.1 Å². The molecule has 0 spiro atoms. The van der Waals surface area contributed by atoms with Crippen LogP contribution in [-0.4, -0.2) is 27.7 Å². The van der Waals surface area contributed by atoms with E-state index in [-0.39, 0.29) is 29.0 Å². The lowest BCUT2D eigenvalue weighted by molar-refractivity contribution is -0.126. The van der Waals surface area contributed by atoms with Crippen LogP contribution in [0.2, 0.25) is 0 Å². The molecule has 2 N–H and O–H groups in total. The summed E-state index contributed by atoms with van der Waals surface area (Å²) in [5, 5.41) is 5.43. The van der Waals surface area contributed by atoms with Crippen LogP contribution in [0.15, 0.2) is 35.1 Å². The molecule has 1 fully saturated rings. The lowest BCUT2D eigenvalue weighted by atomic mass is 9.98. The Labute approximate surface area is 139 Å². The lowest BCUT2D eigenvalue weighted by Gasteiger charge is -2.21. The first-order valence-electron chi connectivity index (χ1n) is 7.90. The van der Waals surface area contributed by atoms with E-state index in [1.165, 1.54) is 4.68 Å². The van der Waals surface area contributed by atoms with Gasteiger partial charge in [0.15, 0.2) is 0 Å². The zero-order chi connectivity index (χ0) is 17.3. The number of hydrogen-bond donors (Lipinski definition) is 2. The first-order chi connectivity index (χ1) is 11.5. The van der Waals surface area contributed by atoms with Crippen molar-refractivity contribution in [1.29, 1.82) is 0 Å². The summed E-state index contributed by atoms with van der Waals surface area (Å²) < 4.78 is 3.24. The summed E-state index contributed by atoms with van der Waals surface area (Å²) in [6, 6.07) is 9.26. The smallest absolute Gasteiger partial charge is 0.295 e. The molecule has 0 unspecified atom stereocenters. The molecule has 1 aromatic heterocycles. The van der Waals surface area contributed by atoms with Crippen LogP contribution < -0.4 is 16.2 Å². The third-order valence-electron chi connectivity index (χ3n) is 4.44. The lowest BCUT2D eigenvalue weighted by Crippen LogP contribution is -2.41. The molecule has 1 aliphatic heterocycles. The summed E-state index contributed by atoms with van der Waals surface area (Å²) in [7, 11) is 1.78. The molecule has 1 aliphatic rings. The summed E-state index contributed by atoms with van der Waals surface area (Å²) in [5.74, 6) is -0.589. The number of piperidine rings is 1. The number of amides is 2. The number of nitrogens with one attached hydrogen (secondary N) is 2. The van der Waals surface area contributed by atoms with Crippen molar-refractivity contribution in [2.45, 2.75) is 19.8 Å². The van der Waals surface area contributed by atoms with E-state index >= 15 is 0 Å². The fraction of sp³-hybridized carbons (Fsp3) is 0.353. The second-order valence-corrected chi connectivity index (χ2v) is 5.97. The van der Waals surface area contributed by atoms with E-state index in [9.17, 15) is 14.4 Å². The third-order valence-corrected chi connectivity index (χ3v) is 4.44. The second-order valence-electron chi connectivity index (χ2n) is 5.97. The van der Waals surface area contributed by atoms with Crippen molar-refractivity contribution < 1.29 is 9.59 Å². The van der Waals surface area contributed by atoms with Crippen molar-refractivity contribution in [3.8, 4) is 5.69 Å². The minimum atomic E-state index is -0.313. The van der Waals surface area contributed by atoms with Crippen LogP contribution in [0.4, 0.5) is 5.69 Å². The summed E-state index contributed by atoms with van der Waals surface area (Å²) in [6.07, 6.45) is 0.830. The monoisotopic (exact) mass is 328 g/mol. The Morgan fingerprint density at radius 1 is 1.25 bits per heavy atom. The Morgan fingerprint density at radius 3 is 2.58 bits per heavy atom. The van der Waals surface area contributed by atoms with Gasteiger partial charge in [-0.25, -0.2) is 4.68 Å². The Morgan fingerprint density at radius 2 is 1.96 bits per heavy atom. The predicted octanol–water partition coefficient (Wildman–Crippen LogP) is 0.949. The number of anilines is 1. The summed E-state index contributed by atoms with van der Waals surface area (Å²) >= 11 is 0. The van der Waals surface area contributed by atoms with Crippen LogP contribution in [0.3, 0.4) is 0 Å². The molecule has 0 bridgehead atoms. The molecule has 7 nitrogen and oxygen atoms in total. The minimum absolute atomic E-state index is 0.0404. The maximum atomic E-state index is 12.7. The maximum absolute atomic E-state index is 12.7. The molecule has 2 aromatic rings. The van der Waals surface area contributed by atoms with Crippen molar-refractivity contribution in [3.05, 3.63) is 46.4 Å². The van der Waals surface area contributed by atoms with Gasteiger partial charge in [0.05, 0.1) is 17.3 Å². The topological polar surface area (TPSA) is 85.1 Å². The molecule has 0 radical (unpaired) electrons. The van der Waals surface area contributed by atoms with Gasteiger partial charge in [-0.1, -0.05) is 18.2 Å². The fourth-order valence-electron chi connectivity index (χ4n) is 2.89. The Hall–Kier alpha value is -2.83. The number of rotatable bonds is 3. The van der Waals surface area contributed by atoms with E-state index in [0.29, 0.717) is 25.1 Å². The average molecular weight is 328 g/mol. The van der Waals surface area contributed by atoms with Crippen molar-refractivity contribution >= 4 is 17.5 Å². The first kappa shape index (κ1) is 16.0. The molecule has 3 rings (SSSR count). The SMILES string of the molecule is Cc1c(NC(=O)[C@@H]2CCC(=O)NC2)c(=O)n(-c2ccccc2)n1C. The van der Waals surface area contributed by atoms with E-state index in [2.05, 4.69) is 10.6 Å². The standard InChI is InChI=1S/C17H20N4O3/c1-11-15(19-16(23)12-8-9-14(22)18-10-12)17(24)21(20(11)2)13-6-4-3-5-7-13/h3-7,12H,8-10H2,1-2H3,(H,18,22)(H,19,23)/t12-/m1/s1. The predicted molar refractivity (Wildman–Crippen MR) is 90.1 cm³/mol. The van der Waals surface area contributed by atoms with Crippen molar-refractivity contribution in [2.75, 3.05) is 11.9 Å². The van der Waals surface area contributed by atoms with Crippen LogP contribution >= 0.6 is 0 Å². The number of nitrogens with zero attached hydrogens (tertiary/aromatic N) is 2. The van der Waals surface area contributed by atoms with Crippen LogP contribution in [-0.2, 0) is 16.6 Å². The Kier molecular flexibility index (Phi) is 4.24. The number of para-hydroxylation sites is 1. The largest absolute Gasteiger partial charge is 0.355 e. The van der Waals surface area contributed by atoms with Gasteiger partial charge < -0.3 is 10.6 Å². The van der Waals surface area contributed by atoms with Crippen molar-refractivity contribution in [3.63, 3.8) is 0 Å². The molecular weight excluding hydrogens is 308 g/mol. The molecule has 7 heteroatoms. The van der Waals surface area contributed by atoms with Crippen LogP contribution in [0.1, 0.15) is 18.5 Å². The maximum Gasteiger partial charge on any atom is 0.295 e. The highest BCUT2D eigenvalue weighted by atomic mass is 16.2. The van der Waals surface area contributed by atoms with Crippen molar-refractivity contribution in [2.24, 2.45) is 13.0 Å². The van der Waals surface area contributed by atoms with Crippen LogP contribution in [0.25, 0.3) is 5.69 Å². The molecule has 1 saturated heterocycles. The molecule has 2 amide bonds. The van der Waals surface area contributed by atoms with E-state index in [1.54, 1.807) is 18.7 Å². The van der Waals surface area contributed by atoms with E-state index in [1.807, 2.05) is 30.3 Å². The molecule has 1 atom stereocenters. The first-order valence-corrected chi connectivity index (χ1v) is 7.90. The normalized spacial score (nSPS) is 17.4. The van der Waals surface area contributed by atoms with Crippen LogP contribution in [0.5, 0.6) is 0 Å². The second kappa shape index (κ2) is 6.35. The number of hydrogen-bond acceptors (Lipinski definition) is 3. The number of aromatic nitrogens is 2. The molecule has 24 heavy (non-hydrogen) atoms.